The average Bonchev–Trinajstić information content (AvgIpc) is 2.80. The van der Waals surface area contributed by atoms with E-state index in [0.29, 0.717) is 0 Å². The van der Waals surface area contributed by atoms with E-state index in [-0.39, 0.29) is 29.4 Å². The van der Waals surface area contributed by atoms with E-state index in [0.717, 1.165) is 12.1 Å². The van der Waals surface area contributed by atoms with Crippen molar-refractivity contribution in [2.75, 3.05) is 19.7 Å². The maximum atomic E-state index is 12.4. The summed E-state index contributed by atoms with van der Waals surface area (Å²) in [6.45, 7) is -0.221. The van der Waals surface area contributed by atoms with E-state index in [1.54, 1.807) is 0 Å². The van der Waals surface area contributed by atoms with Gasteiger partial charge in [-0.25, -0.2) is 0 Å². The third-order valence-corrected chi connectivity index (χ3v) is 5.09. The van der Waals surface area contributed by atoms with Crippen LogP contribution in [-0.4, -0.2) is 50.7 Å². The van der Waals surface area contributed by atoms with Gasteiger partial charge in [-0.3, -0.25) is 0 Å². The molecule has 2 rings (SSSR count). The highest BCUT2D eigenvalue weighted by Crippen LogP contribution is 2.33. The molecular weight excluding hydrogens is 347 g/mol. The molecule has 1 heterocycles. The highest BCUT2D eigenvalue weighted by molar-refractivity contribution is 7.89. The lowest BCUT2D eigenvalue weighted by Gasteiger charge is -2.22. The van der Waals surface area contributed by atoms with Gasteiger partial charge in [0, 0.05) is 18.7 Å². The molecule has 0 aliphatic carbocycles. The Kier molecular flexibility index (Phi) is 5.15. The third-order valence-electron chi connectivity index (χ3n) is 3.15. The number of aliphatic hydroxyl groups excluding tert-OH is 1. The minimum Gasteiger partial charge on any atom is -0.593 e. The van der Waals surface area contributed by atoms with Crippen LogP contribution < -0.4 is 4.74 Å². The van der Waals surface area contributed by atoms with Crippen molar-refractivity contribution in [1.29, 1.82) is 0 Å². The van der Waals surface area contributed by atoms with Gasteiger partial charge in [0.25, 0.3) is 0 Å². The Morgan fingerprint density at radius 1 is 1.45 bits per heavy atom. The van der Waals surface area contributed by atoms with Crippen molar-refractivity contribution >= 4 is 23.0 Å². The lowest BCUT2D eigenvalue weighted by atomic mass is 10.1. The number of aliphatic hydroxyl groups is 2. The van der Waals surface area contributed by atoms with Gasteiger partial charge in [-0.1, -0.05) is 11.6 Å². The Labute approximate surface area is 132 Å². The fourth-order valence-electron chi connectivity index (χ4n) is 2.05. The first-order valence-corrected chi connectivity index (χ1v) is 7.67. The number of halogens is 4. The Morgan fingerprint density at radius 2 is 2.14 bits per heavy atom. The molecule has 1 aliphatic heterocycles. The highest BCUT2D eigenvalue weighted by Gasteiger charge is 2.42. The van der Waals surface area contributed by atoms with E-state index in [2.05, 4.69) is 4.74 Å². The zero-order valence-corrected chi connectivity index (χ0v) is 12.7. The van der Waals surface area contributed by atoms with Crippen LogP contribution in [0, 0.1) is 0 Å². The molecule has 10 heteroatoms. The number of benzene rings is 1. The molecule has 1 aromatic carbocycles. The standard InChI is InChI=1S/C12H13ClF3NO4S/c13-9-5-8(21-12(14,15)16)1-2-10(9)22(20)17-4-3-11(19,6-17)7-18/h1-2,5,18-19H,3-4,6-7H2. The van der Waals surface area contributed by atoms with Crippen LogP contribution in [0.15, 0.2) is 23.1 Å². The van der Waals surface area contributed by atoms with E-state index in [9.17, 15) is 22.8 Å². The molecule has 1 fully saturated rings. The molecule has 0 amide bonds. The lowest BCUT2D eigenvalue weighted by Crippen LogP contribution is -2.38. The third kappa shape index (κ3) is 4.18. The minimum absolute atomic E-state index is 0.0206. The van der Waals surface area contributed by atoms with Crippen molar-refractivity contribution in [3.05, 3.63) is 23.2 Å². The normalized spacial score (nSPS) is 24.5. The molecule has 0 bridgehead atoms. The van der Waals surface area contributed by atoms with Gasteiger partial charge in [0.2, 0.25) is 0 Å². The van der Waals surface area contributed by atoms with Gasteiger partial charge in [0.05, 0.1) is 24.5 Å². The number of alkyl halides is 3. The van der Waals surface area contributed by atoms with Gasteiger partial charge in [-0.05, 0) is 12.5 Å². The summed E-state index contributed by atoms with van der Waals surface area (Å²) in [6.07, 6.45) is -4.60. The minimum atomic E-state index is -4.84. The van der Waals surface area contributed by atoms with Crippen LogP contribution in [0.3, 0.4) is 0 Å². The molecule has 0 aromatic heterocycles. The summed E-state index contributed by atoms with van der Waals surface area (Å²) in [5.74, 6) is -0.508. The van der Waals surface area contributed by atoms with Gasteiger partial charge in [0.1, 0.15) is 16.4 Å². The monoisotopic (exact) mass is 359 g/mol. The second-order valence-corrected chi connectivity index (χ2v) is 6.75. The summed E-state index contributed by atoms with van der Waals surface area (Å²) < 4.78 is 53.8. The number of rotatable bonds is 4. The molecule has 5 nitrogen and oxygen atoms in total. The number of hydrogen-bond donors (Lipinski definition) is 2. The number of β-amino-alcohol motifs (C(OH)–C–C–N with tert-alkyl or cyclic N) is 1. The Bertz CT molecular complexity index is 548. The summed E-state index contributed by atoms with van der Waals surface area (Å²) in [7, 11) is 0. The van der Waals surface area contributed by atoms with Crippen molar-refractivity contribution in [3.63, 3.8) is 0 Å². The SMILES string of the molecule is [O-][S+](c1ccc(OC(F)(F)F)cc1Cl)N1CCC(O)(CO)C1. The zero-order chi connectivity index (χ0) is 16.5. The number of ether oxygens (including phenoxy) is 1. The quantitative estimate of drug-likeness (QED) is 0.800. The predicted molar refractivity (Wildman–Crippen MR) is 72.8 cm³/mol. The zero-order valence-electron chi connectivity index (χ0n) is 11.1. The van der Waals surface area contributed by atoms with Crippen LogP contribution in [0.2, 0.25) is 5.02 Å². The van der Waals surface area contributed by atoms with E-state index in [4.69, 9.17) is 16.7 Å². The van der Waals surface area contributed by atoms with Crippen LogP contribution in [0.4, 0.5) is 13.2 Å². The fraction of sp³-hybridized carbons (Fsp3) is 0.500. The van der Waals surface area contributed by atoms with Gasteiger partial charge < -0.3 is 19.5 Å². The van der Waals surface area contributed by atoms with Crippen LogP contribution in [0.1, 0.15) is 6.42 Å². The second kappa shape index (κ2) is 6.42. The maximum Gasteiger partial charge on any atom is 0.573 e. The second-order valence-electron chi connectivity index (χ2n) is 4.89. The van der Waals surface area contributed by atoms with Crippen molar-refractivity contribution in [3.8, 4) is 5.75 Å². The molecule has 1 saturated heterocycles. The predicted octanol–water partition coefficient (Wildman–Crippen LogP) is 1.69. The van der Waals surface area contributed by atoms with E-state index in [1.165, 1.54) is 10.4 Å². The fourth-order valence-corrected chi connectivity index (χ4v) is 3.72. The topological polar surface area (TPSA) is 76.0 Å². The highest BCUT2D eigenvalue weighted by atomic mass is 35.5. The van der Waals surface area contributed by atoms with Crippen LogP contribution in [0.5, 0.6) is 5.75 Å². The largest absolute Gasteiger partial charge is 0.593 e. The first-order valence-electron chi connectivity index (χ1n) is 6.19. The van der Waals surface area contributed by atoms with Gasteiger partial charge >= 0.3 is 6.36 Å². The van der Waals surface area contributed by atoms with Gasteiger partial charge in [-0.2, -0.15) is 0 Å². The van der Waals surface area contributed by atoms with Crippen LogP contribution in [0.25, 0.3) is 0 Å². The Morgan fingerprint density at radius 3 is 2.64 bits per heavy atom. The summed E-state index contributed by atoms with van der Waals surface area (Å²) in [6, 6.07) is 3.12. The average molecular weight is 360 g/mol. The van der Waals surface area contributed by atoms with Gasteiger partial charge in [0.15, 0.2) is 4.90 Å². The summed E-state index contributed by atoms with van der Waals surface area (Å²) in [5, 5.41) is 18.8. The van der Waals surface area contributed by atoms with Crippen molar-refractivity contribution in [1.82, 2.24) is 4.31 Å². The lowest BCUT2D eigenvalue weighted by molar-refractivity contribution is -0.274. The molecule has 2 N–H and O–H groups in total. The molecule has 0 saturated carbocycles. The number of nitrogens with zero attached hydrogens (tertiary/aromatic N) is 1. The molecule has 0 radical (unpaired) electrons. The van der Waals surface area contributed by atoms with Crippen molar-refractivity contribution in [2.24, 2.45) is 0 Å². The molecule has 2 unspecified atom stereocenters. The van der Waals surface area contributed by atoms with Crippen molar-refractivity contribution < 1.29 is 32.7 Å². The molecule has 124 valence electrons. The Balaban J connectivity index is 2.12. The molecular formula is C12H13ClF3NO4S. The molecule has 2 atom stereocenters. The first kappa shape index (κ1) is 17.6. The van der Waals surface area contributed by atoms with Crippen LogP contribution in [-0.2, 0) is 11.4 Å². The Hall–Kier alpha value is -0.710. The molecule has 0 spiro atoms. The summed E-state index contributed by atoms with van der Waals surface area (Å²) in [5.41, 5.74) is -1.33. The first-order chi connectivity index (χ1) is 10.1. The number of hydrogen-bond acceptors (Lipinski definition) is 5. The summed E-state index contributed by atoms with van der Waals surface area (Å²) >= 11 is 4.10. The van der Waals surface area contributed by atoms with E-state index < -0.39 is 35.7 Å². The van der Waals surface area contributed by atoms with E-state index in [1.807, 2.05) is 0 Å². The van der Waals surface area contributed by atoms with Gasteiger partial charge in [-0.15, -0.1) is 17.5 Å². The molecule has 1 aromatic rings. The van der Waals surface area contributed by atoms with Crippen molar-refractivity contribution in [2.45, 2.75) is 23.3 Å². The van der Waals surface area contributed by atoms with E-state index >= 15 is 0 Å². The smallest absolute Gasteiger partial charge is 0.573 e. The maximum absolute atomic E-state index is 12.4. The molecule has 1 aliphatic rings. The summed E-state index contributed by atoms with van der Waals surface area (Å²) in [4.78, 5) is 0.110. The molecule has 22 heavy (non-hydrogen) atoms. The van der Waals surface area contributed by atoms with Crippen LogP contribution >= 0.6 is 11.6 Å².